The largest absolute Gasteiger partial charge is 0.493 e. The molecule has 22 heavy (non-hydrogen) atoms. The van der Waals surface area contributed by atoms with Crippen LogP contribution in [0.15, 0.2) is 48.5 Å². The number of benzene rings is 2. The van der Waals surface area contributed by atoms with Crippen LogP contribution in [0.2, 0.25) is 0 Å². The van der Waals surface area contributed by atoms with E-state index in [-0.39, 0.29) is 18.4 Å². The van der Waals surface area contributed by atoms with Gasteiger partial charge in [-0.2, -0.15) is 0 Å². The Kier molecular flexibility index (Phi) is 4.23. The zero-order chi connectivity index (χ0) is 15.4. The molecule has 0 saturated carbocycles. The highest BCUT2D eigenvalue weighted by molar-refractivity contribution is 5.77. The van der Waals surface area contributed by atoms with Crippen LogP contribution in [0.1, 0.15) is 11.5 Å². The van der Waals surface area contributed by atoms with Gasteiger partial charge in [0.2, 0.25) is 0 Å². The number of hydrogen-bond donors (Lipinski definition) is 1. The molecule has 4 nitrogen and oxygen atoms in total. The fourth-order valence-corrected chi connectivity index (χ4v) is 2.39. The van der Waals surface area contributed by atoms with E-state index in [0.29, 0.717) is 18.9 Å². The number of hydrogen-bond acceptors (Lipinski definition) is 3. The monoisotopic (exact) mass is 301 g/mol. The van der Waals surface area contributed by atoms with Crippen molar-refractivity contribution in [2.45, 2.75) is 5.92 Å². The Bertz CT molecular complexity index is 674. The molecule has 3 rings (SSSR count). The molecule has 1 unspecified atom stereocenters. The van der Waals surface area contributed by atoms with Crippen molar-refractivity contribution in [2.75, 3.05) is 19.8 Å². The van der Waals surface area contributed by atoms with Gasteiger partial charge < -0.3 is 14.8 Å². The smallest absolute Gasteiger partial charge is 0.257 e. The summed E-state index contributed by atoms with van der Waals surface area (Å²) in [7, 11) is 0. The Morgan fingerprint density at radius 1 is 1.27 bits per heavy atom. The maximum atomic E-state index is 13.0. The van der Waals surface area contributed by atoms with E-state index in [2.05, 4.69) is 5.32 Å². The first-order valence-electron chi connectivity index (χ1n) is 7.09. The number of fused-ring (bicyclic) bond motifs is 1. The van der Waals surface area contributed by atoms with Crippen molar-refractivity contribution in [1.82, 2.24) is 5.32 Å². The summed E-state index contributed by atoms with van der Waals surface area (Å²) in [6, 6.07) is 13.5. The average molecular weight is 301 g/mol. The van der Waals surface area contributed by atoms with Crippen LogP contribution in [-0.4, -0.2) is 25.7 Å². The van der Waals surface area contributed by atoms with Crippen molar-refractivity contribution >= 4 is 5.91 Å². The molecule has 2 aromatic rings. The fraction of sp³-hybridized carbons (Fsp3) is 0.235. The molecule has 0 fully saturated rings. The van der Waals surface area contributed by atoms with Crippen LogP contribution in [0.25, 0.3) is 0 Å². The predicted octanol–water partition coefficient (Wildman–Crippen LogP) is 2.50. The van der Waals surface area contributed by atoms with E-state index >= 15 is 0 Å². The van der Waals surface area contributed by atoms with E-state index in [0.717, 1.165) is 11.3 Å². The van der Waals surface area contributed by atoms with Crippen LogP contribution >= 0.6 is 0 Å². The van der Waals surface area contributed by atoms with Crippen molar-refractivity contribution in [2.24, 2.45) is 0 Å². The number of carbonyl (C=O) groups excluding carboxylic acids is 1. The summed E-state index contributed by atoms with van der Waals surface area (Å²) in [4.78, 5) is 11.8. The first-order valence-corrected chi connectivity index (χ1v) is 7.09. The Morgan fingerprint density at radius 2 is 2.14 bits per heavy atom. The second-order valence-electron chi connectivity index (χ2n) is 5.10. The van der Waals surface area contributed by atoms with Crippen LogP contribution < -0.4 is 14.8 Å². The van der Waals surface area contributed by atoms with Gasteiger partial charge in [-0.05, 0) is 18.2 Å². The molecule has 1 N–H and O–H groups in total. The van der Waals surface area contributed by atoms with Crippen molar-refractivity contribution in [1.29, 1.82) is 0 Å². The van der Waals surface area contributed by atoms with Crippen molar-refractivity contribution in [3.63, 3.8) is 0 Å². The van der Waals surface area contributed by atoms with Gasteiger partial charge in [0.05, 0.1) is 6.61 Å². The number of nitrogens with one attached hydrogen (secondary N) is 1. The second-order valence-corrected chi connectivity index (χ2v) is 5.10. The molecular formula is C17H16FNO3. The molecule has 0 spiro atoms. The molecular weight excluding hydrogens is 285 g/mol. The van der Waals surface area contributed by atoms with Gasteiger partial charge in [0.25, 0.3) is 5.91 Å². The van der Waals surface area contributed by atoms with Crippen LogP contribution in [-0.2, 0) is 4.79 Å². The predicted molar refractivity (Wildman–Crippen MR) is 79.6 cm³/mol. The van der Waals surface area contributed by atoms with Gasteiger partial charge in [-0.25, -0.2) is 4.39 Å². The van der Waals surface area contributed by atoms with Crippen molar-refractivity contribution in [3.8, 4) is 11.5 Å². The molecule has 1 heterocycles. The minimum atomic E-state index is -0.391. The van der Waals surface area contributed by atoms with Gasteiger partial charge in [-0.15, -0.1) is 0 Å². The summed E-state index contributed by atoms with van der Waals surface area (Å²) < 4.78 is 23.8. The van der Waals surface area contributed by atoms with Crippen LogP contribution in [0, 0.1) is 5.82 Å². The third-order valence-electron chi connectivity index (χ3n) is 3.51. The summed E-state index contributed by atoms with van der Waals surface area (Å²) in [5.74, 6) is 0.725. The van der Waals surface area contributed by atoms with Crippen molar-refractivity contribution < 1.29 is 18.7 Å². The highest BCUT2D eigenvalue weighted by Gasteiger charge is 2.23. The Morgan fingerprint density at radius 3 is 3.00 bits per heavy atom. The molecule has 0 bridgehead atoms. The maximum absolute atomic E-state index is 13.0. The summed E-state index contributed by atoms with van der Waals surface area (Å²) in [6.07, 6.45) is 0. The summed E-state index contributed by atoms with van der Waals surface area (Å²) in [6.45, 7) is 0.908. The van der Waals surface area contributed by atoms with Gasteiger partial charge in [-0.3, -0.25) is 4.79 Å². The minimum Gasteiger partial charge on any atom is -0.493 e. The van der Waals surface area contributed by atoms with Gasteiger partial charge in [0.15, 0.2) is 6.61 Å². The zero-order valence-corrected chi connectivity index (χ0v) is 11.9. The van der Waals surface area contributed by atoms with Crippen LogP contribution in [0.5, 0.6) is 11.5 Å². The van der Waals surface area contributed by atoms with E-state index in [9.17, 15) is 9.18 Å². The van der Waals surface area contributed by atoms with E-state index < -0.39 is 5.82 Å². The van der Waals surface area contributed by atoms with E-state index in [4.69, 9.17) is 9.47 Å². The Hall–Kier alpha value is -2.56. The van der Waals surface area contributed by atoms with E-state index in [1.54, 1.807) is 6.07 Å². The van der Waals surface area contributed by atoms with Gasteiger partial charge in [0.1, 0.15) is 17.3 Å². The highest BCUT2D eigenvalue weighted by atomic mass is 19.1. The zero-order valence-electron chi connectivity index (χ0n) is 11.9. The topological polar surface area (TPSA) is 47.6 Å². The minimum absolute atomic E-state index is 0.140. The third kappa shape index (κ3) is 3.36. The molecule has 114 valence electrons. The maximum Gasteiger partial charge on any atom is 0.257 e. The summed E-state index contributed by atoms with van der Waals surface area (Å²) in [5, 5.41) is 2.81. The highest BCUT2D eigenvalue weighted by Crippen LogP contribution is 2.32. The average Bonchev–Trinajstić information content (AvgIpc) is 2.94. The molecule has 1 atom stereocenters. The number of ether oxygens (including phenoxy) is 2. The summed E-state index contributed by atoms with van der Waals surface area (Å²) in [5.41, 5.74) is 1.11. The second kappa shape index (κ2) is 6.47. The van der Waals surface area contributed by atoms with E-state index in [1.165, 1.54) is 18.2 Å². The lowest BCUT2D eigenvalue weighted by Gasteiger charge is -2.11. The third-order valence-corrected chi connectivity index (χ3v) is 3.51. The number of halogens is 1. The Balaban J connectivity index is 1.47. The first-order chi connectivity index (χ1) is 10.7. The fourth-order valence-electron chi connectivity index (χ4n) is 2.39. The molecule has 0 aromatic heterocycles. The quantitative estimate of drug-likeness (QED) is 0.923. The number of rotatable bonds is 5. The lowest BCUT2D eigenvalue weighted by molar-refractivity contribution is -0.123. The molecule has 5 heteroatoms. The lowest BCUT2D eigenvalue weighted by atomic mass is 10.0. The van der Waals surface area contributed by atoms with Gasteiger partial charge >= 0.3 is 0 Å². The number of para-hydroxylation sites is 1. The van der Waals surface area contributed by atoms with Gasteiger partial charge in [-0.1, -0.05) is 24.3 Å². The lowest BCUT2D eigenvalue weighted by Crippen LogP contribution is -2.32. The molecule has 2 aromatic carbocycles. The number of carbonyl (C=O) groups is 1. The normalized spacial score (nSPS) is 15.8. The Labute approximate surface area is 127 Å². The summed E-state index contributed by atoms with van der Waals surface area (Å²) >= 11 is 0. The molecule has 1 aliphatic rings. The first kappa shape index (κ1) is 14.4. The molecule has 1 aliphatic heterocycles. The van der Waals surface area contributed by atoms with E-state index in [1.807, 2.05) is 24.3 Å². The molecule has 1 amide bonds. The van der Waals surface area contributed by atoms with Crippen LogP contribution in [0.3, 0.4) is 0 Å². The van der Waals surface area contributed by atoms with Crippen molar-refractivity contribution in [3.05, 3.63) is 59.9 Å². The molecule has 0 saturated heterocycles. The molecule has 0 aliphatic carbocycles. The standard InChI is InChI=1S/C17H16FNO3/c18-13-4-3-5-14(8-13)21-11-17(20)19-9-12-10-22-16-7-2-1-6-15(12)16/h1-8,12H,9-11H2,(H,19,20). The molecule has 0 radical (unpaired) electrons. The van der Waals surface area contributed by atoms with Gasteiger partial charge in [0, 0.05) is 24.1 Å². The van der Waals surface area contributed by atoms with Crippen LogP contribution in [0.4, 0.5) is 4.39 Å². The SMILES string of the molecule is O=C(COc1cccc(F)c1)NCC1COc2ccccc21. The number of amides is 1.